The van der Waals surface area contributed by atoms with E-state index < -0.39 is 22.6 Å². The van der Waals surface area contributed by atoms with E-state index in [1.807, 2.05) is 24.3 Å². The molecule has 1 aliphatic rings. The summed E-state index contributed by atoms with van der Waals surface area (Å²) >= 11 is 0. The lowest BCUT2D eigenvalue weighted by Crippen LogP contribution is -2.26. The van der Waals surface area contributed by atoms with E-state index in [1.165, 1.54) is 24.3 Å². The third-order valence-corrected chi connectivity index (χ3v) is 6.30. The molecular weight excluding hydrogens is 392 g/mol. The molecule has 0 bridgehead atoms. The second-order valence-electron chi connectivity index (χ2n) is 7.09. The van der Waals surface area contributed by atoms with Crippen molar-refractivity contribution in [2.24, 2.45) is 0 Å². The monoisotopic (exact) mass is 412 g/mol. The highest BCUT2D eigenvalue weighted by Crippen LogP contribution is 2.24. The predicted molar refractivity (Wildman–Crippen MR) is 107 cm³/mol. The van der Waals surface area contributed by atoms with Crippen LogP contribution in [-0.2, 0) is 14.8 Å². The summed E-state index contributed by atoms with van der Waals surface area (Å²) in [6.07, 6.45) is 1.63. The Kier molecular flexibility index (Phi) is 4.97. The zero-order valence-corrected chi connectivity index (χ0v) is 16.6. The van der Waals surface area contributed by atoms with E-state index in [0.29, 0.717) is 11.3 Å². The summed E-state index contributed by atoms with van der Waals surface area (Å²) in [6.45, 7) is 1.36. The lowest BCUT2D eigenvalue weighted by atomic mass is 10.1. The molecule has 1 heterocycles. The van der Waals surface area contributed by atoms with Crippen LogP contribution in [0, 0.1) is 6.92 Å². The van der Waals surface area contributed by atoms with Crippen molar-refractivity contribution in [1.29, 1.82) is 0 Å². The second kappa shape index (κ2) is 7.46. The molecule has 0 unspecified atom stereocenters. The van der Waals surface area contributed by atoms with Crippen LogP contribution in [0.5, 0.6) is 0 Å². The van der Waals surface area contributed by atoms with Crippen molar-refractivity contribution in [2.75, 3.05) is 6.61 Å². The van der Waals surface area contributed by atoms with Crippen LogP contribution in [0.25, 0.3) is 10.9 Å². The van der Waals surface area contributed by atoms with Crippen molar-refractivity contribution < 1.29 is 22.7 Å². The Labute approximate surface area is 168 Å². The van der Waals surface area contributed by atoms with Crippen molar-refractivity contribution in [3.8, 4) is 0 Å². The molecule has 1 aromatic heterocycles. The number of aryl methyl sites for hydroxylation is 1. The van der Waals surface area contributed by atoms with Crippen LogP contribution in [0.3, 0.4) is 0 Å². The SMILES string of the molecule is Cc1[nH]c2ccccc2c1C(=O)COC(=O)c1cccc(S(=O)(=O)NC2CC2)c1. The number of esters is 1. The summed E-state index contributed by atoms with van der Waals surface area (Å²) in [5.74, 6) is -1.08. The minimum atomic E-state index is -3.68. The fourth-order valence-corrected chi connectivity index (χ4v) is 4.55. The number of benzene rings is 2. The van der Waals surface area contributed by atoms with Gasteiger partial charge in [-0.1, -0.05) is 24.3 Å². The maximum atomic E-state index is 12.6. The summed E-state index contributed by atoms with van der Waals surface area (Å²) in [6, 6.07) is 13.0. The number of hydrogen-bond donors (Lipinski definition) is 2. The Hall–Kier alpha value is -2.97. The number of H-pyrrole nitrogens is 1. The van der Waals surface area contributed by atoms with Crippen molar-refractivity contribution in [3.05, 3.63) is 65.4 Å². The topological polar surface area (TPSA) is 105 Å². The van der Waals surface area contributed by atoms with Crippen molar-refractivity contribution in [1.82, 2.24) is 9.71 Å². The van der Waals surface area contributed by atoms with Gasteiger partial charge in [0.25, 0.3) is 0 Å². The molecule has 1 saturated carbocycles. The molecule has 150 valence electrons. The number of aromatic amines is 1. The van der Waals surface area contributed by atoms with Crippen LogP contribution >= 0.6 is 0 Å². The van der Waals surface area contributed by atoms with E-state index in [4.69, 9.17) is 4.74 Å². The first-order valence-electron chi connectivity index (χ1n) is 9.25. The number of ether oxygens (including phenoxy) is 1. The number of nitrogens with one attached hydrogen (secondary N) is 2. The molecule has 8 heteroatoms. The number of rotatable bonds is 7. The number of sulfonamides is 1. The number of Topliss-reactive ketones (excluding diaryl/α,β-unsaturated/α-hetero) is 1. The highest BCUT2D eigenvalue weighted by Gasteiger charge is 2.28. The van der Waals surface area contributed by atoms with Gasteiger partial charge in [-0.25, -0.2) is 17.9 Å². The van der Waals surface area contributed by atoms with Crippen LogP contribution in [0.1, 0.15) is 39.3 Å². The summed E-state index contributed by atoms with van der Waals surface area (Å²) in [7, 11) is -3.68. The van der Waals surface area contributed by atoms with Gasteiger partial charge in [-0.05, 0) is 44.0 Å². The molecular formula is C21H20N2O5S. The number of carbonyl (C=O) groups excluding carboxylic acids is 2. The van der Waals surface area contributed by atoms with Gasteiger partial charge in [0.2, 0.25) is 15.8 Å². The molecule has 0 atom stereocenters. The molecule has 7 nitrogen and oxygen atoms in total. The number of para-hydroxylation sites is 1. The highest BCUT2D eigenvalue weighted by molar-refractivity contribution is 7.89. The average molecular weight is 412 g/mol. The van der Waals surface area contributed by atoms with Crippen LogP contribution in [0.2, 0.25) is 0 Å². The first-order chi connectivity index (χ1) is 13.8. The fraction of sp³-hybridized carbons (Fsp3) is 0.238. The van der Waals surface area contributed by atoms with Gasteiger partial charge in [0, 0.05) is 28.2 Å². The molecule has 3 aromatic rings. The van der Waals surface area contributed by atoms with Gasteiger partial charge < -0.3 is 9.72 Å². The summed E-state index contributed by atoms with van der Waals surface area (Å²) in [5, 5.41) is 0.769. The summed E-state index contributed by atoms with van der Waals surface area (Å²) in [5.41, 5.74) is 2.10. The quantitative estimate of drug-likeness (QED) is 0.458. The molecule has 4 rings (SSSR count). The number of ketones is 1. The lowest BCUT2D eigenvalue weighted by Gasteiger charge is -2.08. The maximum absolute atomic E-state index is 12.6. The number of aromatic nitrogens is 1. The fourth-order valence-electron chi connectivity index (χ4n) is 3.20. The summed E-state index contributed by atoms with van der Waals surface area (Å²) < 4.78 is 32.4. The molecule has 2 N–H and O–H groups in total. The highest BCUT2D eigenvalue weighted by atomic mass is 32.2. The Balaban J connectivity index is 1.48. The lowest BCUT2D eigenvalue weighted by molar-refractivity contribution is 0.0474. The third-order valence-electron chi connectivity index (χ3n) is 4.79. The van der Waals surface area contributed by atoms with E-state index in [9.17, 15) is 18.0 Å². The summed E-state index contributed by atoms with van der Waals surface area (Å²) in [4.78, 5) is 28.1. The van der Waals surface area contributed by atoms with Crippen LogP contribution in [-0.4, -0.2) is 37.8 Å². The second-order valence-corrected chi connectivity index (χ2v) is 8.81. The van der Waals surface area contributed by atoms with Gasteiger partial charge in [0.05, 0.1) is 10.5 Å². The Morgan fingerprint density at radius 2 is 1.90 bits per heavy atom. The minimum Gasteiger partial charge on any atom is -0.454 e. The zero-order valence-electron chi connectivity index (χ0n) is 15.8. The van der Waals surface area contributed by atoms with Crippen LogP contribution < -0.4 is 4.72 Å². The number of fused-ring (bicyclic) bond motifs is 1. The van der Waals surface area contributed by atoms with Crippen LogP contribution in [0.15, 0.2) is 53.4 Å². The number of carbonyl (C=O) groups is 2. The van der Waals surface area contributed by atoms with Gasteiger partial charge in [0.15, 0.2) is 6.61 Å². The third kappa shape index (κ3) is 4.08. The van der Waals surface area contributed by atoms with Gasteiger partial charge in [0.1, 0.15) is 0 Å². The Bertz CT molecular complexity index is 1210. The average Bonchev–Trinajstić information content (AvgIpc) is 3.44. The van der Waals surface area contributed by atoms with Gasteiger partial charge in [-0.2, -0.15) is 0 Å². The number of hydrogen-bond acceptors (Lipinski definition) is 5. The smallest absolute Gasteiger partial charge is 0.338 e. The molecule has 0 radical (unpaired) electrons. The van der Waals surface area contributed by atoms with Crippen molar-refractivity contribution in [3.63, 3.8) is 0 Å². The Morgan fingerprint density at radius 1 is 1.14 bits per heavy atom. The first-order valence-corrected chi connectivity index (χ1v) is 10.7. The first kappa shape index (κ1) is 19.4. The van der Waals surface area contributed by atoms with Gasteiger partial charge in [-0.3, -0.25) is 4.79 Å². The Morgan fingerprint density at radius 3 is 2.66 bits per heavy atom. The molecule has 29 heavy (non-hydrogen) atoms. The van der Waals surface area contributed by atoms with Crippen LogP contribution in [0.4, 0.5) is 0 Å². The van der Waals surface area contributed by atoms with E-state index in [0.717, 1.165) is 23.7 Å². The normalized spacial score (nSPS) is 14.1. The van der Waals surface area contributed by atoms with Gasteiger partial charge in [-0.15, -0.1) is 0 Å². The molecule has 2 aromatic carbocycles. The van der Waals surface area contributed by atoms with E-state index in [2.05, 4.69) is 9.71 Å². The maximum Gasteiger partial charge on any atom is 0.338 e. The molecule has 0 aliphatic heterocycles. The minimum absolute atomic E-state index is 0.00218. The molecule has 0 spiro atoms. The molecule has 1 aliphatic carbocycles. The van der Waals surface area contributed by atoms with E-state index in [1.54, 1.807) is 6.92 Å². The van der Waals surface area contributed by atoms with Gasteiger partial charge >= 0.3 is 5.97 Å². The van der Waals surface area contributed by atoms with Crippen molar-refractivity contribution in [2.45, 2.75) is 30.7 Å². The van der Waals surface area contributed by atoms with E-state index in [-0.39, 0.29) is 22.3 Å². The predicted octanol–water partition coefficient (Wildman–Crippen LogP) is 2.96. The molecule has 0 saturated heterocycles. The van der Waals surface area contributed by atoms with E-state index >= 15 is 0 Å². The zero-order chi connectivity index (χ0) is 20.6. The molecule has 1 fully saturated rings. The largest absolute Gasteiger partial charge is 0.454 e. The standard InChI is InChI=1S/C21H20N2O5S/c1-13-20(17-7-2-3-8-18(17)22-13)19(24)12-28-21(25)14-5-4-6-16(11-14)29(26,27)23-15-9-10-15/h2-8,11,15,22-23H,9-10,12H2,1H3. The molecule has 0 amide bonds. The van der Waals surface area contributed by atoms with Crippen molar-refractivity contribution >= 4 is 32.7 Å².